The first-order valence-corrected chi connectivity index (χ1v) is 26.0. The van der Waals surface area contributed by atoms with Gasteiger partial charge in [0.05, 0.1) is 13.7 Å². The van der Waals surface area contributed by atoms with E-state index in [1.165, 1.54) is 0 Å². The number of rotatable bonds is 17. The van der Waals surface area contributed by atoms with Crippen LogP contribution in [0.25, 0.3) is 22.1 Å². The first kappa shape index (κ1) is 52.6. The van der Waals surface area contributed by atoms with Gasteiger partial charge in [0.25, 0.3) is 11.8 Å². The SMILES string of the molecule is CCC(=O)N1CC[C@@H](Nc2n[nH]c3nccc(Oc4ccc(C(=O)Nc5nccn5C)cc4)c23)C1.CCC(=O)N1CC[C@@H](Nc2nn(Cc3ccc(OC)cc3)c3nccc(Oc4ccc(C(=O)Nc5nccn5C)cc4)c23)C1. The number of pyridine rings is 2. The van der Waals surface area contributed by atoms with E-state index in [0.717, 1.165) is 41.5 Å². The zero-order valence-electron chi connectivity index (χ0n) is 44.3. The predicted octanol–water partition coefficient (Wildman–Crippen LogP) is 7.85. The molecule has 0 aliphatic carbocycles. The minimum atomic E-state index is -0.268. The predicted molar refractivity (Wildman–Crippen MR) is 297 cm³/mol. The van der Waals surface area contributed by atoms with Crippen molar-refractivity contribution in [2.75, 3.05) is 54.6 Å². The van der Waals surface area contributed by atoms with E-state index in [-0.39, 0.29) is 35.7 Å². The molecule has 23 heteroatoms. The number of anilines is 4. The summed E-state index contributed by atoms with van der Waals surface area (Å²) in [6.45, 7) is 6.93. The average Bonchev–Trinajstić information content (AvgIpc) is 4.39. The van der Waals surface area contributed by atoms with Gasteiger partial charge in [-0.3, -0.25) is 34.9 Å². The van der Waals surface area contributed by atoms with Crippen molar-refractivity contribution >= 4 is 69.2 Å². The maximum absolute atomic E-state index is 12.7. The fourth-order valence-corrected chi connectivity index (χ4v) is 9.35. The normalized spacial score (nSPS) is 14.9. The van der Waals surface area contributed by atoms with Crippen molar-refractivity contribution in [2.24, 2.45) is 14.1 Å². The Balaban J connectivity index is 0.000000183. The quantitative estimate of drug-likeness (QED) is 0.0582. The van der Waals surface area contributed by atoms with Gasteiger partial charge in [-0.15, -0.1) is 0 Å². The third kappa shape index (κ3) is 12.1. The molecule has 406 valence electrons. The van der Waals surface area contributed by atoms with Crippen LogP contribution in [0.2, 0.25) is 0 Å². The number of ether oxygens (including phenoxy) is 3. The van der Waals surface area contributed by atoms with Gasteiger partial charge in [-0.05, 0) is 79.1 Å². The van der Waals surface area contributed by atoms with E-state index >= 15 is 0 Å². The van der Waals surface area contributed by atoms with Gasteiger partial charge in [0, 0.05) is 126 Å². The molecule has 8 heterocycles. The topological polar surface area (TPSA) is 258 Å². The summed E-state index contributed by atoms with van der Waals surface area (Å²) in [7, 11) is 5.26. The second kappa shape index (κ2) is 23.6. The van der Waals surface area contributed by atoms with E-state index in [1.807, 2.05) is 59.6 Å². The summed E-state index contributed by atoms with van der Waals surface area (Å²) in [6.07, 6.45) is 12.7. The third-order valence-electron chi connectivity index (χ3n) is 13.7. The smallest absolute Gasteiger partial charge is 0.257 e. The molecule has 3 aromatic carbocycles. The molecule has 23 nitrogen and oxygen atoms in total. The highest BCUT2D eigenvalue weighted by Crippen LogP contribution is 2.37. The summed E-state index contributed by atoms with van der Waals surface area (Å²) in [5, 5.41) is 26.3. The van der Waals surface area contributed by atoms with Crippen LogP contribution >= 0.6 is 0 Å². The molecular weight excluding hydrogens is 1010 g/mol. The molecule has 5 N–H and O–H groups in total. The summed E-state index contributed by atoms with van der Waals surface area (Å²) >= 11 is 0. The molecule has 0 radical (unpaired) electrons. The number of benzene rings is 3. The fourth-order valence-electron chi connectivity index (χ4n) is 9.35. The molecule has 2 aliphatic rings. The van der Waals surface area contributed by atoms with Crippen molar-refractivity contribution < 1.29 is 33.4 Å². The molecule has 9 aromatic rings. The number of imidazole rings is 2. The Bertz CT molecular complexity index is 3610. The second-order valence-electron chi connectivity index (χ2n) is 19.0. The van der Waals surface area contributed by atoms with Gasteiger partial charge in [-0.2, -0.15) is 10.2 Å². The lowest BCUT2D eigenvalue weighted by Crippen LogP contribution is -2.31. The lowest BCUT2D eigenvalue weighted by molar-refractivity contribution is -0.130. The number of fused-ring (bicyclic) bond motifs is 2. The highest BCUT2D eigenvalue weighted by Gasteiger charge is 2.29. The minimum Gasteiger partial charge on any atom is -0.497 e. The molecule has 2 atom stereocenters. The van der Waals surface area contributed by atoms with Gasteiger partial charge >= 0.3 is 0 Å². The zero-order valence-corrected chi connectivity index (χ0v) is 44.3. The van der Waals surface area contributed by atoms with Crippen molar-refractivity contribution in [1.82, 2.24) is 58.8 Å². The number of hydrogen-bond acceptors (Lipinski definition) is 15. The number of aryl methyl sites for hydroxylation is 2. The molecule has 6 aromatic heterocycles. The Morgan fingerprint density at radius 2 is 1.11 bits per heavy atom. The number of nitrogens with one attached hydrogen (secondary N) is 5. The van der Waals surface area contributed by atoms with Gasteiger partial charge in [0.1, 0.15) is 39.5 Å². The Hall–Kier alpha value is -9.80. The number of carbonyl (C=O) groups is 4. The highest BCUT2D eigenvalue weighted by atomic mass is 16.5. The minimum absolute atomic E-state index is 0.0441. The van der Waals surface area contributed by atoms with E-state index < -0.39 is 0 Å². The van der Waals surface area contributed by atoms with E-state index in [9.17, 15) is 19.2 Å². The molecule has 2 saturated heterocycles. The number of aromatic amines is 1. The Labute approximate surface area is 454 Å². The zero-order chi connectivity index (χ0) is 55.0. The van der Waals surface area contributed by atoms with Crippen LogP contribution in [-0.4, -0.2) is 128 Å². The standard InChI is InChI=1S/C32H34N8O4.C24H26N8O3/c1-4-27(41)39-17-14-23(20-39)35-29-28-26(13-15-33-30(28)40(37-29)19-21-5-9-24(43-3)10-6-21)44-25-11-7-22(8-12-25)31(42)36-32-34-16-18-38(32)2;1-3-19(33)32-12-9-16(14-32)27-22-20-18(8-10-25-21(20)29-30-22)35-17-6-4-15(5-7-17)23(34)28-24-26-11-13-31(24)2/h5-13,15-16,18,23H,4,14,17,19-20H2,1-3H3,(H,35,37)(H,34,36,42);4-8,10-11,13,16H,3,9,12,14H2,1-2H3,(H,26,28,34)(H2,25,27,29,30)/t23-;16-/m11/s1. The van der Waals surface area contributed by atoms with Gasteiger partial charge < -0.3 is 43.8 Å². The van der Waals surface area contributed by atoms with Crippen LogP contribution in [0.15, 0.2) is 122 Å². The van der Waals surface area contributed by atoms with Gasteiger partial charge in [0.2, 0.25) is 23.7 Å². The van der Waals surface area contributed by atoms with Crippen molar-refractivity contribution in [3.8, 4) is 28.7 Å². The summed E-state index contributed by atoms with van der Waals surface area (Å²) in [5.74, 6) is 5.03. The van der Waals surface area contributed by atoms with Crippen molar-refractivity contribution in [2.45, 2.75) is 58.2 Å². The van der Waals surface area contributed by atoms with Crippen molar-refractivity contribution in [3.63, 3.8) is 0 Å². The third-order valence-corrected chi connectivity index (χ3v) is 13.7. The van der Waals surface area contributed by atoms with E-state index in [1.54, 1.807) is 121 Å². The maximum atomic E-state index is 12.7. The molecule has 2 fully saturated rings. The number of hydrogen-bond donors (Lipinski definition) is 5. The molecule has 0 saturated carbocycles. The van der Waals surface area contributed by atoms with Crippen LogP contribution < -0.4 is 35.5 Å². The molecule has 2 aliphatic heterocycles. The second-order valence-corrected chi connectivity index (χ2v) is 19.0. The molecule has 0 unspecified atom stereocenters. The van der Waals surface area contributed by atoms with E-state index in [4.69, 9.17) is 19.3 Å². The number of carbonyl (C=O) groups excluding carboxylic acids is 4. The molecule has 4 amide bonds. The summed E-state index contributed by atoms with van der Waals surface area (Å²) in [6, 6.07) is 25.3. The van der Waals surface area contributed by atoms with Crippen LogP contribution in [0.3, 0.4) is 0 Å². The van der Waals surface area contributed by atoms with Crippen LogP contribution in [0, 0.1) is 0 Å². The Kier molecular flexibility index (Phi) is 15.7. The average molecular weight is 1070 g/mol. The van der Waals surface area contributed by atoms with Gasteiger partial charge in [-0.1, -0.05) is 26.0 Å². The lowest BCUT2D eigenvalue weighted by Gasteiger charge is -2.16. The molecular formula is C56H60N16O7. The van der Waals surface area contributed by atoms with E-state index in [2.05, 4.69) is 51.4 Å². The number of nitrogens with zero attached hydrogens (tertiary/aromatic N) is 11. The number of likely N-dealkylation sites (tertiary alicyclic amines) is 2. The van der Waals surface area contributed by atoms with Gasteiger partial charge in [0.15, 0.2) is 22.9 Å². The van der Waals surface area contributed by atoms with Crippen LogP contribution in [0.1, 0.15) is 65.8 Å². The lowest BCUT2D eigenvalue weighted by atomic mass is 10.2. The van der Waals surface area contributed by atoms with Crippen LogP contribution in [0.4, 0.5) is 23.5 Å². The number of H-pyrrole nitrogens is 1. The van der Waals surface area contributed by atoms with Crippen LogP contribution in [-0.2, 0) is 30.2 Å². The highest BCUT2D eigenvalue weighted by molar-refractivity contribution is 6.04. The summed E-state index contributed by atoms with van der Waals surface area (Å²) in [5.41, 5.74) is 3.25. The van der Waals surface area contributed by atoms with Crippen LogP contribution in [0.5, 0.6) is 28.7 Å². The number of amides is 4. The summed E-state index contributed by atoms with van der Waals surface area (Å²) < 4.78 is 23.1. The van der Waals surface area contributed by atoms with Crippen molar-refractivity contribution in [1.29, 1.82) is 0 Å². The number of methoxy groups -OCH3 is 1. The van der Waals surface area contributed by atoms with Gasteiger partial charge in [-0.25, -0.2) is 24.6 Å². The largest absolute Gasteiger partial charge is 0.497 e. The van der Waals surface area contributed by atoms with Crippen molar-refractivity contribution in [3.05, 3.63) is 139 Å². The Morgan fingerprint density at radius 1 is 0.608 bits per heavy atom. The first-order chi connectivity index (χ1) is 38.4. The molecule has 11 rings (SSSR count). The molecule has 0 bridgehead atoms. The molecule has 79 heavy (non-hydrogen) atoms. The first-order valence-electron chi connectivity index (χ1n) is 26.0. The Morgan fingerprint density at radius 3 is 1.62 bits per heavy atom. The fraction of sp³-hybridized carbons (Fsp3) is 0.286. The summed E-state index contributed by atoms with van der Waals surface area (Å²) in [4.78, 5) is 70.6. The number of aromatic nitrogens is 10. The maximum Gasteiger partial charge on any atom is 0.257 e. The molecule has 0 spiro atoms. The van der Waals surface area contributed by atoms with E-state index in [0.29, 0.717) is 108 Å². The monoisotopic (exact) mass is 1070 g/mol.